The van der Waals surface area contributed by atoms with Crippen molar-refractivity contribution < 1.29 is 27.5 Å². The SMILES string of the molecule is CCOC(=O)C1(c2ccc(NC(=O)C3CCN(S(=O)(=O)c4cc(C(C)C)ccc4OC)CC3)cc2)CC1. The Bertz CT molecular complexity index is 1240. The average Bonchev–Trinajstić information content (AvgIpc) is 3.71. The molecule has 1 heterocycles. The first-order valence-electron chi connectivity index (χ1n) is 12.9. The Morgan fingerprint density at radius 3 is 2.27 bits per heavy atom. The number of hydrogen-bond donors (Lipinski definition) is 1. The predicted octanol–water partition coefficient (Wildman–Crippen LogP) is 4.45. The standard InChI is InChI=1S/C28H36N2O6S/c1-5-36-27(32)28(14-15-28)22-7-9-23(10-8-22)29-26(31)20-12-16-30(17-13-20)37(33,34)25-18-21(19(2)3)6-11-24(25)35-4/h6-11,18-20H,5,12-17H2,1-4H3,(H,29,31). The van der Waals surface area contributed by atoms with E-state index >= 15 is 0 Å². The number of ether oxygens (including phenoxy) is 2. The first kappa shape index (κ1) is 27.1. The summed E-state index contributed by atoms with van der Waals surface area (Å²) in [5.74, 6) is -0.103. The predicted molar refractivity (Wildman–Crippen MR) is 141 cm³/mol. The summed E-state index contributed by atoms with van der Waals surface area (Å²) in [4.78, 5) is 25.4. The average molecular weight is 529 g/mol. The van der Waals surface area contributed by atoms with E-state index in [4.69, 9.17) is 9.47 Å². The number of esters is 1. The number of amides is 1. The largest absolute Gasteiger partial charge is 0.495 e. The van der Waals surface area contributed by atoms with Crippen LogP contribution in [0, 0.1) is 5.92 Å². The maximum Gasteiger partial charge on any atom is 0.316 e. The lowest BCUT2D eigenvalue weighted by Crippen LogP contribution is -2.41. The van der Waals surface area contributed by atoms with Gasteiger partial charge in [-0.3, -0.25) is 9.59 Å². The molecule has 1 amide bonds. The molecule has 1 saturated carbocycles. The number of hydrogen-bond acceptors (Lipinski definition) is 6. The van der Waals surface area contributed by atoms with Gasteiger partial charge in [0.15, 0.2) is 0 Å². The molecule has 0 atom stereocenters. The summed E-state index contributed by atoms with van der Waals surface area (Å²) in [6.45, 7) is 6.70. The number of carbonyl (C=O) groups excluding carboxylic acids is 2. The molecule has 1 N–H and O–H groups in total. The van der Waals surface area contributed by atoms with Crippen LogP contribution in [0.2, 0.25) is 0 Å². The highest BCUT2D eigenvalue weighted by molar-refractivity contribution is 7.89. The van der Waals surface area contributed by atoms with Gasteiger partial charge in [0.25, 0.3) is 0 Å². The van der Waals surface area contributed by atoms with E-state index in [-0.39, 0.29) is 41.7 Å². The van der Waals surface area contributed by atoms with Gasteiger partial charge in [-0.2, -0.15) is 4.31 Å². The summed E-state index contributed by atoms with van der Waals surface area (Å²) in [6.07, 6.45) is 2.40. The Balaban J connectivity index is 1.38. The topological polar surface area (TPSA) is 102 Å². The highest BCUT2D eigenvalue weighted by Crippen LogP contribution is 2.49. The van der Waals surface area contributed by atoms with Crippen LogP contribution in [0.4, 0.5) is 5.69 Å². The summed E-state index contributed by atoms with van der Waals surface area (Å²) in [6, 6.07) is 12.6. The molecular weight excluding hydrogens is 492 g/mol. The monoisotopic (exact) mass is 528 g/mol. The lowest BCUT2D eigenvalue weighted by molar-refractivity contribution is -0.146. The summed E-state index contributed by atoms with van der Waals surface area (Å²) < 4.78 is 38.9. The molecule has 2 aliphatic rings. The van der Waals surface area contributed by atoms with E-state index in [0.717, 1.165) is 24.0 Å². The maximum atomic E-state index is 13.4. The Labute approximate surface area is 219 Å². The zero-order valence-corrected chi connectivity index (χ0v) is 22.8. The Morgan fingerprint density at radius 1 is 1.08 bits per heavy atom. The van der Waals surface area contributed by atoms with Crippen LogP contribution >= 0.6 is 0 Å². The van der Waals surface area contributed by atoms with Crippen molar-refractivity contribution in [1.82, 2.24) is 4.31 Å². The van der Waals surface area contributed by atoms with Gasteiger partial charge in [-0.05, 0) is 73.9 Å². The number of piperidine rings is 1. The van der Waals surface area contributed by atoms with Crippen LogP contribution in [0.3, 0.4) is 0 Å². The van der Waals surface area contributed by atoms with Crippen molar-refractivity contribution in [3.8, 4) is 5.75 Å². The lowest BCUT2D eigenvalue weighted by atomic mass is 9.95. The minimum absolute atomic E-state index is 0.129. The van der Waals surface area contributed by atoms with Crippen molar-refractivity contribution in [1.29, 1.82) is 0 Å². The van der Waals surface area contributed by atoms with E-state index < -0.39 is 15.4 Å². The summed E-state index contributed by atoms with van der Waals surface area (Å²) >= 11 is 0. The number of rotatable bonds is 9. The minimum Gasteiger partial charge on any atom is -0.495 e. The molecule has 37 heavy (non-hydrogen) atoms. The third-order valence-electron chi connectivity index (χ3n) is 7.42. The fraction of sp³-hybridized carbons (Fsp3) is 0.500. The van der Waals surface area contributed by atoms with Crippen LogP contribution in [0.25, 0.3) is 0 Å². The summed E-state index contributed by atoms with van der Waals surface area (Å²) in [7, 11) is -2.29. The highest BCUT2D eigenvalue weighted by atomic mass is 32.2. The fourth-order valence-electron chi connectivity index (χ4n) is 4.87. The Morgan fingerprint density at radius 2 is 1.73 bits per heavy atom. The molecule has 200 valence electrons. The first-order valence-corrected chi connectivity index (χ1v) is 14.3. The zero-order chi connectivity index (χ0) is 26.8. The molecule has 2 aromatic carbocycles. The highest BCUT2D eigenvalue weighted by Gasteiger charge is 2.52. The number of sulfonamides is 1. The van der Waals surface area contributed by atoms with Crippen LogP contribution in [-0.4, -0.2) is 51.4 Å². The molecule has 0 unspecified atom stereocenters. The maximum absolute atomic E-state index is 13.4. The van der Waals surface area contributed by atoms with Crippen LogP contribution in [0.1, 0.15) is 63.5 Å². The summed E-state index contributed by atoms with van der Waals surface area (Å²) in [5.41, 5.74) is 1.93. The second-order valence-electron chi connectivity index (χ2n) is 10.1. The molecule has 1 saturated heterocycles. The van der Waals surface area contributed by atoms with E-state index in [9.17, 15) is 18.0 Å². The molecule has 4 rings (SSSR count). The van der Waals surface area contributed by atoms with Gasteiger partial charge in [-0.15, -0.1) is 0 Å². The van der Waals surface area contributed by atoms with E-state index in [1.54, 1.807) is 31.2 Å². The van der Waals surface area contributed by atoms with Gasteiger partial charge >= 0.3 is 5.97 Å². The molecule has 2 aromatic rings. The number of anilines is 1. The molecule has 0 aromatic heterocycles. The molecular formula is C28H36N2O6S. The van der Waals surface area contributed by atoms with Crippen molar-refractivity contribution in [2.45, 2.75) is 62.7 Å². The number of nitrogens with zero attached hydrogens (tertiary/aromatic N) is 1. The molecule has 1 aliphatic heterocycles. The van der Waals surface area contributed by atoms with Gasteiger partial charge in [0.1, 0.15) is 10.6 Å². The molecule has 0 spiro atoms. The minimum atomic E-state index is -3.75. The normalized spacial score (nSPS) is 17.9. The summed E-state index contributed by atoms with van der Waals surface area (Å²) in [5, 5.41) is 2.95. The smallest absolute Gasteiger partial charge is 0.316 e. The molecule has 9 heteroatoms. The Kier molecular flexibility index (Phi) is 7.94. The third-order valence-corrected chi connectivity index (χ3v) is 9.34. The molecule has 0 bridgehead atoms. The fourth-order valence-corrected chi connectivity index (χ4v) is 6.53. The second-order valence-corrected chi connectivity index (χ2v) is 12.0. The number of benzene rings is 2. The van der Waals surface area contributed by atoms with Gasteiger partial charge < -0.3 is 14.8 Å². The van der Waals surface area contributed by atoms with E-state index in [1.165, 1.54) is 11.4 Å². The van der Waals surface area contributed by atoms with Crippen molar-refractivity contribution >= 4 is 27.6 Å². The van der Waals surface area contributed by atoms with Gasteiger partial charge in [0.05, 0.1) is 19.1 Å². The molecule has 2 fully saturated rings. The first-order chi connectivity index (χ1) is 17.6. The molecule has 0 radical (unpaired) electrons. The van der Waals surface area contributed by atoms with Crippen molar-refractivity contribution in [2.75, 3.05) is 32.1 Å². The van der Waals surface area contributed by atoms with E-state index in [0.29, 0.717) is 30.9 Å². The quantitative estimate of drug-likeness (QED) is 0.483. The number of methoxy groups -OCH3 is 1. The second kappa shape index (κ2) is 10.8. The van der Waals surface area contributed by atoms with Crippen LogP contribution in [-0.2, 0) is 29.8 Å². The van der Waals surface area contributed by atoms with E-state index in [2.05, 4.69) is 5.32 Å². The van der Waals surface area contributed by atoms with Crippen molar-refractivity contribution in [3.05, 3.63) is 53.6 Å². The van der Waals surface area contributed by atoms with Crippen LogP contribution in [0.15, 0.2) is 47.4 Å². The third kappa shape index (κ3) is 5.52. The zero-order valence-electron chi connectivity index (χ0n) is 22.0. The van der Waals surface area contributed by atoms with Crippen molar-refractivity contribution in [3.63, 3.8) is 0 Å². The number of carbonyl (C=O) groups is 2. The van der Waals surface area contributed by atoms with Crippen molar-refractivity contribution in [2.24, 2.45) is 5.92 Å². The Hall–Kier alpha value is -2.91. The van der Waals surface area contributed by atoms with E-state index in [1.807, 2.05) is 32.0 Å². The number of nitrogens with one attached hydrogen (secondary N) is 1. The van der Waals surface area contributed by atoms with Gasteiger partial charge in [-0.25, -0.2) is 8.42 Å². The van der Waals surface area contributed by atoms with Gasteiger partial charge in [0.2, 0.25) is 15.9 Å². The van der Waals surface area contributed by atoms with Crippen LogP contribution in [0.5, 0.6) is 5.75 Å². The van der Waals surface area contributed by atoms with Crippen LogP contribution < -0.4 is 10.1 Å². The van der Waals surface area contributed by atoms with Gasteiger partial charge in [-0.1, -0.05) is 32.0 Å². The van der Waals surface area contributed by atoms with Gasteiger partial charge in [0, 0.05) is 24.7 Å². The molecule has 8 nitrogen and oxygen atoms in total. The molecule has 1 aliphatic carbocycles. The lowest BCUT2D eigenvalue weighted by Gasteiger charge is -2.31.